The second kappa shape index (κ2) is 4.11. The third-order valence-electron chi connectivity index (χ3n) is 2.41. The van der Waals surface area contributed by atoms with E-state index in [4.69, 9.17) is 0 Å². The maximum absolute atomic E-state index is 13.5. The van der Waals surface area contributed by atoms with Crippen LogP contribution in [0.15, 0.2) is 0 Å². The van der Waals surface area contributed by atoms with Crippen molar-refractivity contribution in [2.45, 2.75) is 33.4 Å². The highest BCUT2D eigenvalue weighted by Gasteiger charge is 2.36. The zero-order valence-electron chi connectivity index (χ0n) is 9.43. The molecule has 1 rings (SSSR count). The third kappa shape index (κ3) is 2.89. The Morgan fingerprint density at radius 1 is 1.14 bits per heavy atom. The molecule has 0 aliphatic carbocycles. The molecule has 0 aromatic rings. The van der Waals surface area contributed by atoms with Crippen LogP contribution in [0.3, 0.4) is 0 Å². The zero-order chi connectivity index (χ0) is 10.9. The second-order valence-electron chi connectivity index (χ2n) is 5.26. The molecule has 0 aromatic heterocycles. The van der Waals surface area contributed by atoms with Gasteiger partial charge >= 0.3 is 0 Å². The molecule has 4 heteroatoms. The number of rotatable bonds is 1. The average Bonchev–Trinajstić information content (AvgIpc) is 2.04. The molecule has 84 valence electrons. The summed E-state index contributed by atoms with van der Waals surface area (Å²) in [7, 11) is 1.62. The van der Waals surface area contributed by atoms with Crippen LogP contribution in [0.5, 0.6) is 0 Å². The number of halogens is 2. The smallest absolute Gasteiger partial charge is 0.198 e. The Balaban J connectivity index is 2.55. The molecule has 1 fully saturated rings. The first kappa shape index (κ1) is 11.9. The molecular formula is C10H20F2N2. The molecule has 0 radical (unpaired) electrons. The van der Waals surface area contributed by atoms with Gasteiger partial charge in [-0.3, -0.25) is 9.80 Å². The van der Waals surface area contributed by atoms with Gasteiger partial charge in [0.15, 0.2) is 12.6 Å². The summed E-state index contributed by atoms with van der Waals surface area (Å²) in [4.78, 5) is 3.01. The van der Waals surface area contributed by atoms with Crippen molar-refractivity contribution >= 4 is 0 Å². The van der Waals surface area contributed by atoms with E-state index in [0.29, 0.717) is 19.6 Å². The lowest BCUT2D eigenvalue weighted by Gasteiger charge is -2.40. The van der Waals surface area contributed by atoms with E-state index in [1.807, 2.05) is 20.8 Å². The molecule has 0 N–H and O–H groups in total. The zero-order valence-corrected chi connectivity index (χ0v) is 9.43. The van der Waals surface area contributed by atoms with Gasteiger partial charge in [0, 0.05) is 19.6 Å². The maximum Gasteiger partial charge on any atom is 0.198 e. The van der Waals surface area contributed by atoms with Crippen molar-refractivity contribution in [1.82, 2.24) is 9.80 Å². The van der Waals surface area contributed by atoms with Gasteiger partial charge in [-0.05, 0) is 12.5 Å². The summed E-state index contributed by atoms with van der Waals surface area (Å²) in [6, 6.07) is 0. The minimum absolute atomic E-state index is 0.0139. The van der Waals surface area contributed by atoms with E-state index >= 15 is 0 Å². The lowest BCUT2D eigenvalue weighted by molar-refractivity contribution is -0.102. The van der Waals surface area contributed by atoms with Crippen molar-refractivity contribution < 1.29 is 8.78 Å². The van der Waals surface area contributed by atoms with Crippen molar-refractivity contribution in [2.75, 3.05) is 26.7 Å². The fraction of sp³-hybridized carbons (Fsp3) is 1.00. The number of hydrogen-bond acceptors (Lipinski definition) is 2. The van der Waals surface area contributed by atoms with Crippen LogP contribution in [0.25, 0.3) is 0 Å². The van der Waals surface area contributed by atoms with E-state index in [1.54, 1.807) is 11.9 Å². The Hall–Kier alpha value is -0.220. The molecule has 1 aliphatic heterocycles. The van der Waals surface area contributed by atoms with Gasteiger partial charge in [0.2, 0.25) is 0 Å². The Kier molecular flexibility index (Phi) is 3.48. The first-order valence-electron chi connectivity index (χ1n) is 5.04. The van der Waals surface area contributed by atoms with Crippen molar-refractivity contribution in [3.63, 3.8) is 0 Å². The molecule has 0 amide bonds. The largest absolute Gasteiger partial charge is 0.272 e. The van der Waals surface area contributed by atoms with E-state index in [9.17, 15) is 8.78 Å². The number of hydrogen-bond donors (Lipinski definition) is 0. The van der Waals surface area contributed by atoms with E-state index in [2.05, 4.69) is 0 Å². The van der Waals surface area contributed by atoms with Gasteiger partial charge < -0.3 is 0 Å². The van der Waals surface area contributed by atoms with Crippen LogP contribution >= 0.6 is 0 Å². The monoisotopic (exact) mass is 206 g/mol. The van der Waals surface area contributed by atoms with Crippen LogP contribution < -0.4 is 0 Å². The van der Waals surface area contributed by atoms with Gasteiger partial charge in [0.05, 0.1) is 0 Å². The average molecular weight is 206 g/mol. The van der Waals surface area contributed by atoms with Gasteiger partial charge in [-0.2, -0.15) is 0 Å². The van der Waals surface area contributed by atoms with Crippen LogP contribution in [-0.2, 0) is 0 Å². The molecule has 2 nitrogen and oxygen atoms in total. The standard InChI is InChI=1S/C10H20F2N2/c1-10(2,3)7-14-6-5-13(4)8(11)9(14)12/h8-9H,5-7H2,1-4H3. The van der Waals surface area contributed by atoms with Gasteiger partial charge in [0.25, 0.3) is 0 Å². The summed E-state index contributed by atoms with van der Waals surface area (Å²) in [5.41, 5.74) is 0.0139. The van der Waals surface area contributed by atoms with Crippen molar-refractivity contribution in [2.24, 2.45) is 5.41 Å². The summed E-state index contributed by atoms with van der Waals surface area (Å²) in [5, 5.41) is 0. The molecular weight excluding hydrogens is 186 g/mol. The number of alkyl halides is 2. The molecule has 1 aliphatic rings. The predicted molar refractivity (Wildman–Crippen MR) is 53.5 cm³/mol. The summed E-state index contributed by atoms with van der Waals surface area (Å²) >= 11 is 0. The first-order valence-corrected chi connectivity index (χ1v) is 5.04. The summed E-state index contributed by atoms with van der Waals surface area (Å²) in [5.74, 6) is 0. The molecule has 2 atom stereocenters. The number of piperazine rings is 1. The van der Waals surface area contributed by atoms with Crippen molar-refractivity contribution in [1.29, 1.82) is 0 Å². The van der Waals surface area contributed by atoms with E-state index in [0.717, 1.165) is 0 Å². The predicted octanol–water partition coefficient (Wildman–Crippen LogP) is 1.87. The second-order valence-corrected chi connectivity index (χ2v) is 5.26. The Bertz CT molecular complexity index is 191. The van der Waals surface area contributed by atoms with Crippen LogP contribution in [0.4, 0.5) is 8.78 Å². The Labute approximate surface area is 84.9 Å². The van der Waals surface area contributed by atoms with Crippen molar-refractivity contribution in [3.8, 4) is 0 Å². The summed E-state index contributed by atoms with van der Waals surface area (Å²) in [6.07, 6.45) is -2.96. The Morgan fingerprint density at radius 2 is 1.71 bits per heavy atom. The highest BCUT2D eigenvalue weighted by molar-refractivity contribution is 4.80. The lowest BCUT2D eigenvalue weighted by atomic mass is 9.95. The van der Waals surface area contributed by atoms with Gasteiger partial charge in [-0.1, -0.05) is 20.8 Å². The topological polar surface area (TPSA) is 6.48 Å². The van der Waals surface area contributed by atoms with E-state index < -0.39 is 12.6 Å². The molecule has 0 saturated carbocycles. The summed E-state index contributed by atoms with van der Waals surface area (Å²) in [6.45, 7) is 7.90. The quantitative estimate of drug-likeness (QED) is 0.604. The van der Waals surface area contributed by atoms with Gasteiger partial charge in [0.1, 0.15) is 0 Å². The number of nitrogens with zero attached hydrogens (tertiary/aromatic N) is 2. The minimum atomic E-state index is -1.48. The molecule has 1 heterocycles. The maximum atomic E-state index is 13.5. The SMILES string of the molecule is CN1CCN(CC(C)(C)C)C(F)C1F. The highest BCUT2D eigenvalue weighted by atomic mass is 19.2. The van der Waals surface area contributed by atoms with Crippen LogP contribution in [0.1, 0.15) is 20.8 Å². The van der Waals surface area contributed by atoms with Crippen molar-refractivity contribution in [3.05, 3.63) is 0 Å². The van der Waals surface area contributed by atoms with E-state index in [1.165, 1.54) is 4.90 Å². The first-order chi connectivity index (χ1) is 6.31. The van der Waals surface area contributed by atoms with Gasteiger partial charge in [-0.25, -0.2) is 8.78 Å². The molecule has 0 aromatic carbocycles. The molecule has 2 unspecified atom stereocenters. The highest BCUT2D eigenvalue weighted by Crippen LogP contribution is 2.23. The molecule has 0 spiro atoms. The number of likely N-dealkylation sites (N-methyl/N-ethyl adjacent to an activating group) is 1. The molecule has 14 heavy (non-hydrogen) atoms. The molecule has 0 bridgehead atoms. The fourth-order valence-corrected chi connectivity index (χ4v) is 1.69. The van der Waals surface area contributed by atoms with Crippen LogP contribution in [0, 0.1) is 5.41 Å². The van der Waals surface area contributed by atoms with Gasteiger partial charge in [-0.15, -0.1) is 0 Å². The fourth-order valence-electron chi connectivity index (χ4n) is 1.69. The lowest BCUT2D eigenvalue weighted by Crippen LogP contribution is -2.56. The summed E-state index contributed by atoms with van der Waals surface area (Å²) < 4.78 is 26.8. The van der Waals surface area contributed by atoms with E-state index in [-0.39, 0.29) is 5.41 Å². The molecule has 1 saturated heterocycles. The third-order valence-corrected chi connectivity index (χ3v) is 2.41. The van der Waals surface area contributed by atoms with Crippen LogP contribution in [0.2, 0.25) is 0 Å². The normalized spacial score (nSPS) is 32.1. The van der Waals surface area contributed by atoms with Crippen LogP contribution in [-0.4, -0.2) is 49.1 Å². The minimum Gasteiger partial charge on any atom is -0.272 e. The Morgan fingerprint density at radius 3 is 2.21 bits per heavy atom.